The number of aromatic amines is 1. The Kier molecular flexibility index (Phi) is 2.93. The van der Waals surface area contributed by atoms with E-state index in [1.807, 2.05) is 0 Å². The molecule has 2 aromatic carbocycles. The van der Waals surface area contributed by atoms with E-state index >= 15 is 0 Å². The molecule has 0 saturated carbocycles. The Morgan fingerprint density at radius 3 is 2.20 bits per heavy atom. The van der Waals surface area contributed by atoms with Gasteiger partial charge in [0.05, 0.1) is 0 Å². The molecule has 3 rings (SSSR count). The molecule has 0 atom stereocenters. The molecule has 0 unspecified atom stereocenters. The summed E-state index contributed by atoms with van der Waals surface area (Å²) in [7, 11) is 0. The van der Waals surface area contributed by atoms with Gasteiger partial charge in [-0.05, 0) is 41.7 Å². The van der Waals surface area contributed by atoms with Crippen molar-refractivity contribution in [2.24, 2.45) is 0 Å². The van der Waals surface area contributed by atoms with Crippen molar-refractivity contribution in [1.29, 1.82) is 0 Å². The maximum Gasteiger partial charge on any atom is 0.0464 e. The molecule has 102 valence electrons. The fourth-order valence-corrected chi connectivity index (χ4v) is 2.56. The summed E-state index contributed by atoms with van der Waals surface area (Å²) in [6.07, 6.45) is 0. The van der Waals surface area contributed by atoms with Crippen molar-refractivity contribution in [1.82, 2.24) is 4.98 Å². The molecule has 3 aromatic rings. The predicted octanol–water partition coefficient (Wildman–Crippen LogP) is 5.44. The Morgan fingerprint density at radius 1 is 0.850 bits per heavy atom. The van der Waals surface area contributed by atoms with Crippen molar-refractivity contribution in [3.05, 3.63) is 59.7 Å². The number of hydrogen-bond acceptors (Lipinski definition) is 0. The lowest BCUT2D eigenvalue weighted by Crippen LogP contribution is -2.10. The van der Waals surface area contributed by atoms with Gasteiger partial charge >= 0.3 is 0 Å². The fraction of sp³-hybridized carbons (Fsp3) is 0.263. The monoisotopic (exact) mass is 263 g/mol. The molecule has 1 heteroatoms. The first kappa shape index (κ1) is 13.0. The highest BCUT2D eigenvalue weighted by Crippen LogP contribution is 2.28. The second-order valence-electron chi connectivity index (χ2n) is 6.60. The van der Waals surface area contributed by atoms with Crippen molar-refractivity contribution in [3.8, 4) is 11.3 Å². The second-order valence-corrected chi connectivity index (χ2v) is 6.60. The first-order valence-electron chi connectivity index (χ1n) is 7.14. The quantitative estimate of drug-likeness (QED) is 0.601. The van der Waals surface area contributed by atoms with Crippen LogP contribution >= 0.6 is 0 Å². The molecular weight excluding hydrogens is 242 g/mol. The summed E-state index contributed by atoms with van der Waals surface area (Å²) in [4.78, 5) is 3.50. The maximum absolute atomic E-state index is 3.50. The summed E-state index contributed by atoms with van der Waals surface area (Å²) in [6.45, 7) is 8.86. The zero-order valence-electron chi connectivity index (χ0n) is 12.6. The van der Waals surface area contributed by atoms with Crippen molar-refractivity contribution < 1.29 is 0 Å². The van der Waals surface area contributed by atoms with Crippen LogP contribution in [0.2, 0.25) is 0 Å². The molecule has 0 aliphatic carbocycles. The molecule has 1 nitrogen and oxygen atoms in total. The number of fused-ring (bicyclic) bond motifs is 1. The molecule has 20 heavy (non-hydrogen) atoms. The van der Waals surface area contributed by atoms with E-state index in [-0.39, 0.29) is 5.41 Å². The van der Waals surface area contributed by atoms with Crippen molar-refractivity contribution >= 4 is 10.9 Å². The molecule has 1 heterocycles. The largest absolute Gasteiger partial charge is 0.355 e. The van der Waals surface area contributed by atoms with Gasteiger partial charge in [-0.2, -0.15) is 0 Å². The minimum atomic E-state index is 0.204. The van der Waals surface area contributed by atoms with E-state index in [4.69, 9.17) is 0 Å². The van der Waals surface area contributed by atoms with Crippen LogP contribution in [0.3, 0.4) is 0 Å². The van der Waals surface area contributed by atoms with E-state index in [1.54, 1.807) is 0 Å². The lowest BCUT2D eigenvalue weighted by atomic mass is 9.86. The number of nitrogens with one attached hydrogen (secondary N) is 1. The Balaban J connectivity index is 2.02. The lowest BCUT2D eigenvalue weighted by molar-refractivity contribution is 0.590. The Bertz CT molecular complexity index is 740. The van der Waals surface area contributed by atoms with Crippen LogP contribution in [-0.4, -0.2) is 4.98 Å². The van der Waals surface area contributed by atoms with Crippen LogP contribution in [0.15, 0.2) is 48.5 Å². The van der Waals surface area contributed by atoms with E-state index < -0.39 is 0 Å². The van der Waals surface area contributed by atoms with Gasteiger partial charge in [0.15, 0.2) is 0 Å². The summed E-state index contributed by atoms with van der Waals surface area (Å²) in [6, 6.07) is 17.6. The fourth-order valence-electron chi connectivity index (χ4n) is 2.56. The summed E-state index contributed by atoms with van der Waals surface area (Å²) in [5.74, 6) is 0. The number of benzene rings is 2. The number of rotatable bonds is 1. The molecule has 0 radical (unpaired) electrons. The van der Waals surface area contributed by atoms with Crippen LogP contribution in [-0.2, 0) is 5.41 Å². The van der Waals surface area contributed by atoms with E-state index in [0.29, 0.717) is 0 Å². The van der Waals surface area contributed by atoms with Crippen LogP contribution in [0.5, 0.6) is 0 Å². The minimum absolute atomic E-state index is 0.204. The number of hydrogen-bond donors (Lipinski definition) is 1. The standard InChI is InChI=1S/C19H21N/c1-13-5-10-17-15(11-13)12-18(20-17)14-6-8-16(9-7-14)19(2,3)4/h5-12,20H,1-4H3. The highest BCUT2D eigenvalue weighted by molar-refractivity contribution is 5.86. The molecule has 0 spiro atoms. The lowest BCUT2D eigenvalue weighted by Gasteiger charge is -2.19. The molecule has 1 aromatic heterocycles. The smallest absolute Gasteiger partial charge is 0.0464 e. The van der Waals surface area contributed by atoms with Crippen LogP contribution in [0.1, 0.15) is 31.9 Å². The van der Waals surface area contributed by atoms with E-state index in [2.05, 4.69) is 81.2 Å². The van der Waals surface area contributed by atoms with Gasteiger partial charge in [0.1, 0.15) is 0 Å². The highest BCUT2D eigenvalue weighted by atomic mass is 14.7. The molecule has 0 aliphatic rings. The first-order valence-corrected chi connectivity index (χ1v) is 7.14. The van der Waals surface area contributed by atoms with Crippen LogP contribution in [0.4, 0.5) is 0 Å². The topological polar surface area (TPSA) is 15.8 Å². The maximum atomic E-state index is 3.50. The number of aryl methyl sites for hydroxylation is 1. The third-order valence-corrected chi connectivity index (χ3v) is 3.84. The second kappa shape index (κ2) is 4.52. The molecule has 0 bridgehead atoms. The molecule has 1 N–H and O–H groups in total. The molecule has 0 amide bonds. The molecule has 0 fully saturated rings. The summed E-state index contributed by atoms with van der Waals surface area (Å²) in [5, 5.41) is 1.28. The van der Waals surface area contributed by atoms with Crippen LogP contribution in [0, 0.1) is 6.92 Å². The molecule has 0 saturated heterocycles. The minimum Gasteiger partial charge on any atom is -0.355 e. The molecule has 0 aliphatic heterocycles. The number of H-pyrrole nitrogens is 1. The third kappa shape index (κ3) is 2.36. The van der Waals surface area contributed by atoms with Crippen LogP contribution < -0.4 is 0 Å². The van der Waals surface area contributed by atoms with E-state index in [1.165, 1.54) is 33.3 Å². The summed E-state index contributed by atoms with van der Waals surface area (Å²) in [5.41, 5.74) is 6.50. The van der Waals surface area contributed by atoms with Crippen molar-refractivity contribution in [2.45, 2.75) is 33.1 Å². The van der Waals surface area contributed by atoms with E-state index in [0.717, 1.165) is 0 Å². The Hall–Kier alpha value is -2.02. The molecular formula is C19H21N. The van der Waals surface area contributed by atoms with Gasteiger partial charge in [-0.3, -0.25) is 0 Å². The van der Waals surface area contributed by atoms with Gasteiger partial charge in [0.25, 0.3) is 0 Å². The van der Waals surface area contributed by atoms with Gasteiger partial charge in [-0.15, -0.1) is 0 Å². The van der Waals surface area contributed by atoms with Crippen molar-refractivity contribution in [2.75, 3.05) is 0 Å². The van der Waals surface area contributed by atoms with Gasteiger partial charge < -0.3 is 4.98 Å². The third-order valence-electron chi connectivity index (χ3n) is 3.84. The Morgan fingerprint density at radius 2 is 1.55 bits per heavy atom. The number of aromatic nitrogens is 1. The predicted molar refractivity (Wildman–Crippen MR) is 87.2 cm³/mol. The van der Waals surface area contributed by atoms with E-state index in [9.17, 15) is 0 Å². The zero-order valence-corrected chi connectivity index (χ0v) is 12.6. The van der Waals surface area contributed by atoms with Gasteiger partial charge in [-0.25, -0.2) is 0 Å². The summed E-state index contributed by atoms with van der Waals surface area (Å²) >= 11 is 0. The normalized spacial score (nSPS) is 12.0. The Labute approximate surface area is 120 Å². The first-order chi connectivity index (χ1) is 9.43. The zero-order chi connectivity index (χ0) is 14.3. The average molecular weight is 263 g/mol. The average Bonchev–Trinajstić information content (AvgIpc) is 2.80. The summed E-state index contributed by atoms with van der Waals surface area (Å²) < 4.78 is 0. The van der Waals surface area contributed by atoms with Gasteiger partial charge in [0.2, 0.25) is 0 Å². The van der Waals surface area contributed by atoms with Crippen molar-refractivity contribution in [3.63, 3.8) is 0 Å². The highest BCUT2D eigenvalue weighted by Gasteiger charge is 2.13. The SMILES string of the molecule is Cc1ccc2[nH]c(-c3ccc(C(C)(C)C)cc3)cc2c1. The van der Waals surface area contributed by atoms with Gasteiger partial charge in [0, 0.05) is 16.6 Å². The van der Waals surface area contributed by atoms with Crippen LogP contribution in [0.25, 0.3) is 22.2 Å². The van der Waals surface area contributed by atoms with Gasteiger partial charge in [-0.1, -0.05) is 56.7 Å².